The largest absolute Gasteiger partial charge is 0.223 e. The summed E-state index contributed by atoms with van der Waals surface area (Å²) >= 11 is 1.74. The van der Waals surface area contributed by atoms with E-state index in [0.29, 0.717) is 0 Å². The highest BCUT2D eigenvalue weighted by Crippen LogP contribution is 2.40. The van der Waals surface area contributed by atoms with E-state index in [4.69, 9.17) is 9.36 Å². The van der Waals surface area contributed by atoms with E-state index in [2.05, 4.69) is 41.5 Å². The van der Waals surface area contributed by atoms with Crippen LogP contribution in [-0.2, 0) is 10.8 Å². The van der Waals surface area contributed by atoms with Crippen molar-refractivity contribution in [2.45, 2.75) is 187 Å². The first kappa shape index (κ1) is 31.6. The zero-order valence-corrected chi connectivity index (χ0v) is 25.0. The molecule has 0 aromatic carbocycles. The zero-order chi connectivity index (χ0) is 25.1. The summed E-state index contributed by atoms with van der Waals surface area (Å²) in [6.45, 7) is 14.2. The van der Waals surface area contributed by atoms with Crippen LogP contribution in [0.3, 0.4) is 0 Å². The fourth-order valence-corrected chi connectivity index (χ4v) is 6.33. The van der Waals surface area contributed by atoms with Gasteiger partial charge in [-0.3, -0.25) is 0 Å². The Hall–Kier alpha value is -0.440. The molecule has 1 rings (SSSR count). The molecule has 1 atom stereocenters. The molecule has 0 bridgehead atoms. The Balaban J connectivity index is 2.96. The second-order valence-corrected chi connectivity index (χ2v) is 12.4. The normalized spacial score (nSPS) is 13.9. The Morgan fingerprint density at radius 1 is 0.500 bits per heavy atom. The summed E-state index contributed by atoms with van der Waals surface area (Å²) in [5, 5.41) is 1.34. The quantitative estimate of drug-likeness (QED) is 0.142. The molecular formula is C31H60N2S. The Kier molecular flexibility index (Phi) is 17.4. The van der Waals surface area contributed by atoms with Crippen LogP contribution in [0, 0.1) is 0 Å². The van der Waals surface area contributed by atoms with Gasteiger partial charge in [0.2, 0.25) is 0 Å². The standard InChI is InChI=1S/C31H60N2S/c1-7-11-15-19-23-27-31(6,26-22-18-14-10-4)29-32-28(33-34-29)30(5,24-20-16-12-8-2)25-21-17-13-9-3/h7-27H2,1-6H3. The summed E-state index contributed by atoms with van der Waals surface area (Å²) in [6, 6.07) is 0. The van der Waals surface area contributed by atoms with E-state index < -0.39 is 0 Å². The molecular weight excluding hydrogens is 432 g/mol. The summed E-state index contributed by atoms with van der Waals surface area (Å²) in [5.74, 6) is 1.17. The Bertz CT molecular complexity index is 584. The number of hydrogen-bond acceptors (Lipinski definition) is 3. The molecule has 1 unspecified atom stereocenters. The predicted molar refractivity (Wildman–Crippen MR) is 154 cm³/mol. The van der Waals surface area contributed by atoms with Crippen LogP contribution in [0.15, 0.2) is 0 Å². The third-order valence-electron chi connectivity index (χ3n) is 8.06. The van der Waals surface area contributed by atoms with E-state index in [9.17, 15) is 0 Å². The molecule has 0 spiro atoms. The number of unbranched alkanes of at least 4 members (excludes halogenated alkanes) is 13. The lowest BCUT2D eigenvalue weighted by Crippen LogP contribution is -2.26. The molecule has 0 radical (unpaired) electrons. The molecule has 0 fully saturated rings. The second-order valence-electron chi connectivity index (χ2n) is 11.6. The molecule has 200 valence electrons. The second kappa shape index (κ2) is 18.8. The van der Waals surface area contributed by atoms with Gasteiger partial charge in [-0.05, 0) is 37.2 Å². The third kappa shape index (κ3) is 12.0. The van der Waals surface area contributed by atoms with Gasteiger partial charge in [0.15, 0.2) is 0 Å². The van der Waals surface area contributed by atoms with E-state index in [1.54, 1.807) is 11.5 Å². The van der Waals surface area contributed by atoms with Gasteiger partial charge in [-0.25, -0.2) is 4.98 Å². The molecule has 0 amide bonds. The molecule has 2 nitrogen and oxygen atoms in total. The topological polar surface area (TPSA) is 25.8 Å². The van der Waals surface area contributed by atoms with E-state index in [-0.39, 0.29) is 10.8 Å². The maximum atomic E-state index is 5.37. The molecule has 0 N–H and O–H groups in total. The molecule has 0 aliphatic heterocycles. The van der Waals surface area contributed by atoms with E-state index in [1.165, 1.54) is 146 Å². The lowest BCUT2D eigenvalue weighted by molar-refractivity contribution is 0.338. The van der Waals surface area contributed by atoms with Gasteiger partial charge in [-0.1, -0.05) is 151 Å². The lowest BCUT2D eigenvalue weighted by atomic mass is 9.78. The summed E-state index contributed by atoms with van der Waals surface area (Å²) in [4.78, 5) is 5.37. The molecule has 1 aromatic rings. The first-order valence-corrected chi connectivity index (χ1v) is 16.1. The van der Waals surface area contributed by atoms with Crippen molar-refractivity contribution in [3.8, 4) is 0 Å². The molecule has 0 saturated carbocycles. The summed E-state index contributed by atoms with van der Waals surface area (Å²) in [7, 11) is 0. The number of hydrogen-bond donors (Lipinski definition) is 0. The van der Waals surface area contributed by atoms with Crippen molar-refractivity contribution >= 4 is 11.5 Å². The van der Waals surface area contributed by atoms with Gasteiger partial charge in [0.1, 0.15) is 10.8 Å². The smallest absolute Gasteiger partial charge is 0.148 e. The van der Waals surface area contributed by atoms with Gasteiger partial charge < -0.3 is 0 Å². The Morgan fingerprint density at radius 2 is 0.853 bits per heavy atom. The summed E-state index contributed by atoms with van der Waals surface area (Å²) in [5.41, 5.74) is 0.363. The molecule has 1 heterocycles. The van der Waals surface area contributed by atoms with Crippen LogP contribution >= 0.6 is 11.5 Å². The van der Waals surface area contributed by atoms with Gasteiger partial charge in [-0.2, -0.15) is 4.37 Å². The van der Waals surface area contributed by atoms with Crippen molar-refractivity contribution in [3.05, 3.63) is 10.8 Å². The first-order chi connectivity index (χ1) is 16.5. The number of aromatic nitrogens is 2. The van der Waals surface area contributed by atoms with Gasteiger partial charge in [0.05, 0.1) is 0 Å². The van der Waals surface area contributed by atoms with Crippen molar-refractivity contribution < 1.29 is 0 Å². The van der Waals surface area contributed by atoms with Crippen molar-refractivity contribution in [1.82, 2.24) is 9.36 Å². The predicted octanol–water partition coefficient (Wildman–Crippen LogP) is 11.3. The van der Waals surface area contributed by atoms with Gasteiger partial charge in [-0.15, -0.1) is 0 Å². The van der Waals surface area contributed by atoms with Crippen LogP contribution in [0.5, 0.6) is 0 Å². The monoisotopic (exact) mass is 492 g/mol. The third-order valence-corrected chi connectivity index (χ3v) is 9.08. The fourth-order valence-electron chi connectivity index (χ4n) is 5.35. The van der Waals surface area contributed by atoms with Gasteiger partial charge >= 0.3 is 0 Å². The van der Waals surface area contributed by atoms with Crippen molar-refractivity contribution in [2.24, 2.45) is 0 Å². The van der Waals surface area contributed by atoms with Crippen LogP contribution < -0.4 is 0 Å². The molecule has 3 heteroatoms. The minimum Gasteiger partial charge on any atom is -0.223 e. The van der Waals surface area contributed by atoms with Crippen molar-refractivity contribution in [2.75, 3.05) is 0 Å². The highest BCUT2D eigenvalue weighted by molar-refractivity contribution is 7.05. The molecule has 34 heavy (non-hydrogen) atoms. The molecule has 0 saturated heterocycles. The van der Waals surface area contributed by atoms with E-state index in [0.717, 1.165) is 0 Å². The maximum Gasteiger partial charge on any atom is 0.148 e. The van der Waals surface area contributed by atoms with Gasteiger partial charge in [0.25, 0.3) is 0 Å². The number of nitrogens with zero attached hydrogens (tertiary/aromatic N) is 2. The number of rotatable bonds is 23. The minimum atomic E-state index is 0.153. The average Bonchev–Trinajstić information content (AvgIpc) is 3.35. The van der Waals surface area contributed by atoms with Crippen LogP contribution in [0.25, 0.3) is 0 Å². The first-order valence-electron chi connectivity index (χ1n) is 15.3. The maximum absolute atomic E-state index is 5.37. The van der Waals surface area contributed by atoms with E-state index >= 15 is 0 Å². The Morgan fingerprint density at radius 3 is 1.26 bits per heavy atom. The van der Waals surface area contributed by atoms with Crippen molar-refractivity contribution in [3.63, 3.8) is 0 Å². The molecule has 1 aromatic heterocycles. The highest BCUT2D eigenvalue weighted by Gasteiger charge is 2.35. The Labute approximate surface area is 218 Å². The highest BCUT2D eigenvalue weighted by atomic mass is 32.1. The van der Waals surface area contributed by atoms with Crippen LogP contribution in [0.2, 0.25) is 0 Å². The fraction of sp³-hybridized carbons (Fsp3) is 0.935. The zero-order valence-electron chi connectivity index (χ0n) is 24.2. The van der Waals surface area contributed by atoms with E-state index in [1.807, 2.05) is 0 Å². The van der Waals surface area contributed by atoms with Crippen LogP contribution in [0.4, 0.5) is 0 Å². The van der Waals surface area contributed by atoms with Crippen molar-refractivity contribution in [1.29, 1.82) is 0 Å². The minimum absolute atomic E-state index is 0.153. The average molecular weight is 493 g/mol. The molecule has 0 aliphatic carbocycles. The summed E-state index contributed by atoms with van der Waals surface area (Å²) < 4.78 is 5.08. The lowest BCUT2D eigenvalue weighted by Gasteiger charge is -2.29. The van der Waals surface area contributed by atoms with Gasteiger partial charge in [0, 0.05) is 10.8 Å². The SMILES string of the molecule is CCCCCCCC(C)(CCCCCC)c1nc(C(C)(CCCCCC)CCCCCC)ns1. The van der Waals surface area contributed by atoms with Crippen LogP contribution in [0.1, 0.15) is 187 Å². The molecule has 0 aliphatic rings. The summed E-state index contributed by atoms with van der Waals surface area (Å²) in [6.07, 6.45) is 27.9. The van der Waals surface area contributed by atoms with Crippen LogP contribution in [-0.4, -0.2) is 9.36 Å².